The van der Waals surface area contributed by atoms with Crippen LogP contribution < -0.4 is 15.5 Å². The fourth-order valence-corrected chi connectivity index (χ4v) is 5.02. The third-order valence-electron chi connectivity index (χ3n) is 6.58. The van der Waals surface area contributed by atoms with Crippen molar-refractivity contribution in [2.24, 2.45) is 5.73 Å². The second-order valence-electron chi connectivity index (χ2n) is 8.45. The first kappa shape index (κ1) is 19.6. The fraction of sp³-hybridized carbons (Fsp3) is 0.375. The van der Waals surface area contributed by atoms with E-state index in [4.69, 9.17) is 19.9 Å². The summed E-state index contributed by atoms with van der Waals surface area (Å²) in [6.07, 6.45) is 0.890. The molecule has 0 spiro atoms. The molecule has 0 saturated carbocycles. The lowest BCUT2D eigenvalue weighted by molar-refractivity contribution is 0.120. The summed E-state index contributed by atoms with van der Waals surface area (Å²) in [4.78, 5) is 9.23. The third-order valence-corrected chi connectivity index (χ3v) is 6.58. The number of nitrogens with zero attached hydrogens (tertiary/aromatic N) is 4. The molecule has 166 valence electrons. The maximum absolute atomic E-state index is 14.0. The first-order valence-corrected chi connectivity index (χ1v) is 11.2. The van der Waals surface area contributed by atoms with Gasteiger partial charge in [0.25, 0.3) is 6.01 Å². The summed E-state index contributed by atoms with van der Waals surface area (Å²) in [5.41, 5.74) is 12.1. The Kier molecular flexibility index (Phi) is 4.77. The number of anilines is 2. The molecular formula is C24H26FN5O2. The number of ether oxygens (including phenoxy) is 1. The van der Waals surface area contributed by atoms with Crippen molar-refractivity contribution >= 4 is 33.7 Å². The highest BCUT2D eigenvalue weighted by molar-refractivity contribution is 5.87. The number of hydrogen-bond acceptors (Lipinski definition) is 6. The number of fused-ring (bicyclic) bond motifs is 4. The van der Waals surface area contributed by atoms with Crippen molar-refractivity contribution in [3.63, 3.8) is 0 Å². The van der Waals surface area contributed by atoms with Gasteiger partial charge in [0.1, 0.15) is 11.3 Å². The lowest BCUT2D eigenvalue weighted by atomic mass is 10.0. The molecule has 32 heavy (non-hydrogen) atoms. The molecule has 0 amide bonds. The number of benzene rings is 2. The molecule has 0 unspecified atom stereocenters. The molecule has 1 fully saturated rings. The van der Waals surface area contributed by atoms with E-state index in [1.807, 2.05) is 12.1 Å². The van der Waals surface area contributed by atoms with E-state index < -0.39 is 0 Å². The third kappa shape index (κ3) is 3.22. The van der Waals surface area contributed by atoms with Crippen LogP contribution in [0.1, 0.15) is 11.3 Å². The molecule has 8 heteroatoms. The number of oxazole rings is 1. The van der Waals surface area contributed by atoms with Gasteiger partial charge >= 0.3 is 0 Å². The van der Waals surface area contributed by atoms with Crippen LogP contribution >= 0.6 is 0 Å². The summed E-state index contributed by atoms with van der Waals surface area (Å²) in [6.45, 7) is 5.87. The molecule has 2 aromatic carbocycles. The molecule has 0 bridgehead atoms. The van der Waals surface area contributed by atoms with Gasteiger partial charge in [-0.25, -0.2) is 4.39 Å². The lowest BCUT2D eigenvalue weighted by Gasteiger charge is -2.30. The highest BCUT2D eigenvalue weighted by Gasteiger charge is 2.25. The molecule has 2 N–H and O–H groups in total. The Labute approximate surface area is 185 Å². The largest absolute Gasteiger partial charge is 0.423 e. The minimum atomic E-state index is -0.213. The maximum atomic E-state index is 14.0. The van der Waals surface area contributed by atoms with Gasteiger partial charge in [0.05, 0.1) is 18.7 Å². The molecular weight excluding hydrogens is 409 g/mol. The SMILES string of the molecule is NCCn1c2c(c3ccc(F)cc31)CN(c1ccc3oc(N4CCOCC4)nc3c1)CC2. The fourth-order valence-electron chi connectivity index (χ4n) is 5.02. The Bertz CT molecular complexity index is 1290. The molecule has 2 aliphatic heterocycles. The number of nitrogens with two attached hydrogens (primary N) is 1. The zero-order valence-corrected chi connectivity index (χ0v) is 17.9. The van der Waals surface area contributed by atoms with Crippen LogP contribution in [0.4, 0.5) is 16.1 Å². The van der Waals surface area contributed by atoms with Crippen LogP contribution in [0, 0.1) is 5.82 Å². The van der Waals surface area contributed by atoms with Crippen LogP contribution in [0.2, 0.25) is 0 Å². The predicted octanol–water partition coefficient (Wildman–Crippen LogP) is 3.28. The first-order chi connectivity index (χ1) is 15.7. The van der Waals surface area contributed by atoms with E-state index in [2.05, 4.69) is 26.5 Å². The minimum absolute atomic E-state index is 0.213. The standard InChI is InChI=1S/C24H26FN5O2/c25-16-1-3-18-19-15-29(7-5-21(19)30(8-6-26)22(18)13-16)17-2-4-23-20(14-17)27-24(32-23)28-9-11-31-12-10-28/h1-4,13-14H,5-12,15,26H2. The smallest absolute Gasteiger partial charge is 0.298 e. The number of hydrogen-bond donors (Lipinski definition) is 1. The van der Waals surface area contributed by atoms with Gasteiger partial charge in [0, 0.05) is 68.0 Å². The van der Waals surface area contributed by atoms with Crippen LogP contribution in [-0.4, -0.2) is 48.9 Å². The summed E-state index contributed by atoms with van der Waals surface area (Å²) in [6, 6.07) is 11.9. The quantitative estimate of drug-likeness (QED) is 0.530. The number of halogens is 1. The van der Waals surface area contributed by atoms with Gasteiger partial charge in [-0.3, -0.25) is 0 Å². The Morgan fingerprint density at radius 3 is 2.75 bits per heavy atom. The molecule has 2 aromatic heterocycles. The first-order valence-electron chi connectivity index (χ1n) is 11.2. The average Bonchev–Trinajstić information content (AvgIpc) is 3.38. The second kappa shape index (κ2) is 7.79. The highest BCUT2D eigenvalue weighted by atomic mass is 19.1. The van der Waals surface area contributed by atoms with Crippen molar-refractivity contribution in [2.75, 3.05) is 49.2 Å². The van der Waals surface area contributed by atoms with E-state index in [1.54, 1.807) is 12.1 Å². The van der Waals surface area contributed by atoms with Crippen LogP contribution in [0.5, 0.6) is 0 Å². The van der Waals surface area contributed by atoms with Crippen LogP contribution in [0.3, 0.4) is 0 Å². The van der Waals surface area contributed by atoms with E-state index in [9.17, 15) is 4.39 Å². The molecule has 6 rings (SSSR count). The van der Waals surface area contributed by atoms with E-state index in [0.717, 1.165) is 60.3 Å². The molecule has 7 nitrogen and oxygen atoms in total. The van der Waals surface area contributed by atoms with Gasteiger partial charge in [-0.2, -0.15) is 4.98 Å². The molecule has 0 radical (unpaired) electrons. The number of morpholine rings is 1. The molecule has 0 atom stereocenters. The van der Waals surface area contributed by atoms with Gasteiger partial charge in [0.2, 0.25) is 0 Å². The van der Waals surface area contributed by atoms with E-state index in [0.29, 0.717) is 32.3 Å². The second-order valence-corrected chi connectivity index (χ2v) is 8.45. The Hall–Kier alpha value is -3.10. The Morgan fingerprint density at radius 1 is 1.03 bits per heavy atom. The van der Waals surface area contributed by atoms with Crippen LogP contribution in [0.25, 0.3) is 22.0 Å². The van der Waals surface area contributed by atoms with Gasteiger partial charge in [-0.05, 0) is 36.4 Å². The van der Waals surface area contributed by atoms with Crippen LogP contribution in [-0.2, 0) is 24.2 Å². The van der Waals surface area contributed by atoms with Crippen molar-refractivity contribution in [3.05, 3.63) is 53.5 Å². The average molecular weight is 436 g/mol. The van der Waals surface area contributed by atoms with E-state index in [1.165, 1.54) is 11.3 Å². The van der Waals surface area contributed by atoms with Gasteiger partial charge in [-0.15, -0.1) is 0 Å². The highest BCUT2D eigenvalue weighted by Crippen LogP contribution is 2.34. The predicted molar refractivity (Wildman–Crippen MR) is 123 cm³/mol. The van der Waals surface area contributed by atoms with Gasteiger partial charge in [-0.1, -0.05) is 0 Å². The molecule has 2 aliphatic rings. The summed E-state index contributed by atoms with van der Waals surface area (Å²) in [7, 11) is 0. The maximum Gasteiger partial charge on any atom is 0.298 e. The van der Waals surface area contributed by atoms with Crippen molar-refractivity contribution in [2.45, 2.75) is 19.5 Å². The zero-order valence-electron chi connectivity index (χ0n) is 17.9. The Morgan fingerprint density at radius 2 is 1.91 bits per heavy atom. The lowest BCUT2D eigenvalue weighted by Crippen LogP contribution is -2.36. The number of aromatic nitrogens is 2. The summed E-state index contributed by atoms with van der Waals surface area (Å²) in [5, 5.41) is 1.11. The zero-order chi connectivity index (χ0) is 21.7. The summed E-state index contributed by atoms with van der Waals surface area (Å²) >= 11 is 0. The van der Waals surface area contributed by atoms with Crippen molar-refractivity contribution in [1.29, 1.82) is 0 Å². The Balaban J connectivity index is 1.33. The summed E-state index contributed by atoms with van der Waals surface area (Å²) in [5.74, 6) is -0.213. The van der Waals surface area contributed by atoms with E-state index in [-0.39, 0.29) is 5.82 Å². The topological polar surface area (TPSA) is 72.7 Å². The van der Waals surface area contributed by atoms with E-state index >= 15 is 0 Å². The minimum Gasteiger partial charge on any atom is -0.423 e. The normalized spacial score (nSPS) is 16.8. The molecule has 0 aliphatic carbocycles. The van der Waals surface area contributed by atoms with Gasteiger partial charge in [0.15, 0.2) is 5.58 Å². The monoisotopic (exact) mass is 435 g/mol. The van der Waals surface area contributed by atoms with Crippen molar-refractivity contribution in [1.82, 2.24) is 9.55 Å². The van der Waals surface area contributed by atoms with Crippen molar-refractivity contribution in [3.8, 4) is 0 Å². The van der Waals surface area contributed by atoms with Crippen molar-refractivity contribution < 1.29 is 13.5 Å². The van der Waals surface area contributed by atoms with Crippen LogP contribution in [0.15, 0.2) is 40.8 Å². The molecule has 4 aromatic rings. The van der Waals surface area contributed by atoms with Gasteiger partial charge < -0.3 is 29.3 Å². The molecule has 1 saturated heterocycles. The number of rotatable bonds is 4. The molecule has 4 heterocycles. The summed E-state index contributed by atoms with van der Waals surface area (Å²) < 4.78 is 27.6.